The zero-order valence-electron chi connectivity index (χ0n) is 20.1. The fourth-order valence-corrected chi connectivity index (χ4v) is 5.07. The molecule has 7 heteroatoms. The average molecular weight is 451 g/mol. The first-order chi connectivity index (χ1) is 16.2. The molecule has 2 aliphatic heterocycles. The lowest BCUT2D eigenvalue weighted by atomic mass is 9.96. The van der Waals surface area contributed by atoms with E-state index in [2.05, 4.69) is 75.3 Å². The van der Waals surface area contributed by atoms with Crippen LogP contribution in [0, 0.1) is 5.92 Å². The largest absolute Gasteiger partial charge is 0.367 e. The lowest BCUT2D eigenvalue weighted by Gasteiger charge is -2.35. The van der Waals surface area contributed by atoms with Gasteiger partial charge < -0.3 is 15.1 Å². The van der Waals surface area contributed by atoms with Crippen molar-refractivity contribution in [1.82, 2.24) is 19.8 Å². The van der Waals surface area contributed by atoms with E-state index < -0.39 is 0 Å². The Labute approximate surface area is 198 Å². The van der Waals surface area contributed by atoms with E-state index in [0.717, 1.165) is 83.1 Å². The SMILES string of the molecule is CCN(CC)C(=O)C1CCCN(c2cc(NC3CCN(Cc4ccccc4)CC3)ncn2)C1. The fraction of sp³-hybridized carbons (Fsp3) is 0.577. The lowest BCUT2D eigenvalue weighted by Crippen LogP contribution is -2.45. The molecule has 7 nitrogen and oxygen atoms in total. The van der Waals surface area contributed by atoms with E-state index in [9.17, 15) is 4.79 Å². The topological polar surface area (TPSA) is 64.6 Å². The van der Waals surface area contributed by atoms with Gasteiger partial charge in [-0.25, -0.2) is 9.97 Å². The van der Waals surface area contributed by atoms with Crippen molar-refractivity contribution in [3.8, 4) is 0 Å². The number of likely N-dealkylation sites (tertiary alicyclic amines) is 1. The second kappa shape index (κ2) is 11.5. The van der Waals surface area contributed by atoms with E-state index in [1.54, 1.807) is 6.33 Å². The Kier molecular flexibility index (Phi) is 8.15. The van der Waals surface area contributed by atoms with Gasteiger partial charge in [-0.2, -0.15) is 0 Å². The highest BCUT2D eigenvalue weighted by molar-refractivity contribution is 5.79. The summed E-state index contributed by atoms with van der Waals surface area (Å²) in [5, 5.41) is 3.64. The maximum Gasteiger partial charge on any atom is 0.227 e. The van der Waals surface area contributed by atoms with Gasteiger partial charge in [0.15, 0.2) is 0 Å². The Hall–Kier alpha value is -2.67. The Balaban J connectivity index is 1.30. The monoisotopic (exact) mass is 450 g/mol. The van der Waals surface area contributed by atoms with Crippen molar-refractivity contribution in [3.05, 3.63) is 48.3 Å². The molecule has 4 rings (SSSR count). The van der Waals surface area contributed by atoms with Crippen LogP contribution >= 0.6 is 0 Å². The van der Waals surface area contributed by atoms with Gasteiger partial charge in [-0.05, 0) is 45.1 Å². The minimum Gasteiger partial charge on any atom is -0.367 e. The van der Waals surface area contributed by atoms with E-state index in [4.69, 9.17) is 0 Å². The standard InChI is InChI=1S/C26H38N6O/c1-3-31(4-2)26(33)22-11-8-14-32(19-22)25-17-24(27-20-28-25)29-23-12-15-30(16-13-23)18-21-9-6-5-7-10-21/h5-7,9-10,17,20,22-23H,3-4,8,11-16,18-19H2,1-2H3,(H,27,28,29). The van der Waals surface area contributed by atoms with Crippen molar-refractivity contribution in [3.63, 3.8) is 0 Å². The minimum atomic E-state index is 0.0546. The van der Waals surface area contributed by atoms with Crippen LogP contribution in [0.25, 0.3) is 0 Å². The van der Waals surface area contributed by atoms with Crippen LogP contribution in [0.1, 0.15) is 45.1 Å². The van der Waals surface area contributed by atoms with Crippen LogP contribution in [0.4, 0.5) is 11.6 Å². The summed E-state index contributed by atoms with van der Waals surface area (Å²) < 4.78 is 0. The summed E-state index contributed by atoms with van der Waals surface area (Å²) in [5.74, 6) is 2.14. The summed E-state index contributed by atoms with van der Waals surface area (Å²) in [5.41, 5.74) is 1.38. The number of piperidine rings is 2. The number of carbonyl (C=O) groups excluding carboxylic acids is 1. The van der Waals surface area contributed by atoms with Gasteiger partial charge in [-0.1, -0.05) is 30.3 Å². The van der Waals surface area contributed by atoms with Gasteiger partial charge in [0.1, 0.15) is 18.0 Å². The highest BCUT2D eigenvalue weighted by atomic mass is 16.2. The Morgan fingerprint density at radius 3 is 2.55 bits per heavy atom. The van der Waals surface area contributed by atoms with Crippen LogP contribution in [0.2, 0.25) is 0 Å². The molecular formula is C26H38N6O. The highest BCUT2D eigenvalue weighted by Crippen LogP contribution is 2.25. The van der Waals surface area contributed by atoms with E-state index in [1.807, 2.05) is 4.90 Å². The van der Waals surface area contributed by atoms with Crippen LogP contribution in [0.5, 0.6) is 0 Å². The first kappa shape index (κ1) is 23.5. The molecule has 1 unspecified atom stereocenters. The normalized spacial score (nSPS) is 19.9. The molecular weight excluding hydrogens is 412 g/mol. The summed E-state index contributed by atoms with van der Waals surface area (Å²) in [7, 11) is 0. The molecule has 0 aliphatic carbocycles. The van der Waals surface area contributed by atoms with Gasteiger partial charge in [0.05, 0.1) is 5.92 Å². The molecule has 1 amide bonds. The number of rotatable bonds is 8. The molecule has 2 aromatic rings. The smallest absolute Gasteiger partial charge is 0.227 e. The van der Waals surface area contributed by atoms with Gasteiger partial charge in [-0.3, -0.25) is 9.69 Å². The predicted molar refractivity (Wildman–Crippen MR) is 133 cm³/mol. The van der Waals surface area contributed by atoms with Crippen LogP contribution in [-0.4, -0.2) is 71.0 Å². The first-order valence-electron chi connectivity index (χ1n) is 12.5. The maximum atomic E-state index is 12.9. The van der Waals surface area contributed by atoms with E-state index in [-0.39, 0.29) is 11.8 Å². The van der Waals surface area contributed by atoms with E-state index in [1.165, 1.54) is 5.56 Å². The zero-order valence-corrected chi connectivity index (χ0v) is 20.1. The van der Waals surface area contributed by atoms with Gasteiger partial charge in [0, 0.05) is 57.9 Å². The molecule has 1 N–H and O–H groups in total. The fourth-order valence-electron chi connectivity index (χ4n) is 5.07. The average Bonchev–Trinajstić information content (AvgIpc) is 2.87. The van der Waals surface area contributed by atoms with Crippen molar-refractivity contribution in [2.75, 3.05) is 49.5 Å². The van der Waals surface area contributed by atoms with Crippen LogP contribution in [0.15, 0.2) is 42.7 Å². The molecule has 33 heavy (non-hydrogen) atoms. The van der Waals surface area contributed by atoms with Crippen LogP contribution in [-0.2, 0) is 11.3 Å². The number of hydrogen-bond acceptors (Lipinski definition) is 6. The number of nitrogens with one attached hydrogen (secondary N) is 1. The molecule has 2 saturated heterocycles. The Morgan fingerprint density at radius 2 is 1.82 bits per heavy atom. The summed E-state index contributed by atoms with van der Waals surface area (Å²) in [6.45, 7) is 10.5. The van der Waals surface area contributed by atoms with Crippen molar-refractivity contribution in [1.29, 1.82) is 0 Å². The molecule has 1 aromatic carbocycles. The Morgan fingerprint density at radius 1 is 1.06 bits per heavy atom. The number of amides is 1. The first-order valence-corrected chi connectivity index (χ1v) is 12.5. The van der Waals surface area contributed by atoms with Crippen molar-refractivity contribution in [2.45, 2.75) is 52.1 Å². The lowest BCUT2D eigenvalue weighted by molar-refractivity contribution is -0.135. The number of benzene rings is 1. The van der Waals surface area contributed by atoms with Gasteiger partial charge in [0.2, 0.25) is 5.91 Å². The van der Waals surface area contributed by atoms with Gasteiger partial charge >= 0.3 is 0 Å². The molecule has 2 aliphatic rings. The molecule has 1 aromatic heterocycles. The second-order valence-corrected chi connectivity index (χ2v) is 9.24. The summed E-state index contributed by atoms with van der Waals surface area (Å²) in [6.07, 6.45) is 5.85. The van der Waals surface area contributed by atoms with Gasteiger partial charge in [-0.15, -0.1) is 0 Å². The predicted octanol–water partition coefficient (Wildman–Crippen LogP) is 3.64. The van der Waals surface area contributed by atoms with Crippen molar-refractivity contribution < 1.29 is 4.79 Å². The molecule has 3 heterocycles. The molecule has 0 radical (unpaired) electrons. The molecule has 0 spiro atoms. The molecule has 0 bridgehead atoms. The van der Waals surface area contributed by atoms with Crippen LogP contribution in [0.3, 0.4) is 0 Å². The molecule has 1 atom stereocenters. The number of hydrogen-bond donors (Lipinski definition) is 1. The number of aromatic nitrogens is 2. The molecule has 178 valence electrons. The third kappa shape index (κ3) is 6.22. The second-order valence-electron chi connectivity index (χ2n) is 9.24. The summed E-state index contributed by atoms with van der Waals surface area (Å²) in [6, 6.07) is 13.2. The minimum absolute atomic E-state index is 0.0546. The quantitative estimate of drug-likeness (QED) is 0.663. The van der Waals surface area contributed by atoms with Crippen molar-refractivity contribution >= 4 is 17.5 Å². The van der Waals surface area contributed by atoms with Crippen LogP contribution < -0.4 is 10.2 Å². The third-order valence-electron chi connectivity index (χ3n) is 7.01. The molecule has 2 fully saturated rings. The summed E-state index contributed by atoms with van der Waals surface area (Å²) >= 11 is 0. The Bertz CT molecular complexity index is 879. The number of nitrogens with zero attached hydrogens (tertiary/aromatic N) is 5. The van der Waals surface area contributed by atoms with Gasteiger partial charge in [0.25, 0.3) is 0 Å². The maximum absolute atomic E-state index is 12.9. The van der Waals surface area contributed by atoms with E-state index >= 15 is 0 Å². The number of anilines is 2. The highest BCUT2D eigenvalue weighted by Gasteiger charge is 2.29. The zero-order chi connectivity index (χ0) is 23.0. The van der Waals surface area contributed by atoms with E-state index in [0.29, 0.717) is 6.04 Å². The molecule has 0 saturated carbocycles. The third-order valence-corrected chi connectivity index (χ3v) is 7.01. The van der Waals surface area contributed by atoms with Crippen molar-refractivity contribution in [2.24, 2.45) is 5.92 Å². The number of carbonyl (C=O) groups is 1. The summed E-state index contributed by atoms with van der Waals surface area (Å²) in [4.78, 5) is 28.6.